The van der Waals surface area contributed by atoms with E-state index in [-0.39, 0.29) is 12.1 Å². The Hall–Kier alpha value is -3.62. The fourth-order valence-electron chi connectivity index (χ4n) is 4.75. The summed E-state index contributed by atoms with van der Waals surface area (Å²) in [5, 5.41) is 14.9. The van der Waals surface area contributed by atoms with E-state index < -0.39 is 0 Å². The average molecular weight is 453 g/mol. The smallest absolute Gasteiger partial charge is 0.319 e. The van der Waals surface area contributed by atoms with Crippen LogP contribution in [-0.2, 0) is 13.0 Å². The maximum absolute atomic E-state index is 12.6. The van der Waals surface area contributed by atoms with Crippen LogP contribution in [-0.4, -0.2) is 24.0 Å². The van der Waals surface area contributed by atoms with Gasteiger partial charge < -0.3 is 10.6 Å². The van der Waals surface area contributed by atoms with Crippen molar-refractivity contribution in [1.82, 2.24) is 10.2 Å². The Kier molecular flexibility index (Phi) is 7.95. The van der Waals surface area contributed by atoms with Gasteiger partial charge in [-0.05, 0) is 80.1 Å². The fourth-order valence-corrected chi connectivity index (χ4v) is 4.75. The predicted octanol–water partition coefficient (Wildman–Crippen LogP) is 5.90. The standard InChI is InChI=1S/C29H32N4O/c1-22(31-29(34)32-27-12-7-10-25(19-27)20-30)28-13-6-5-11-26(28)21-33-16-14-24(15-17-33)18-23-8-3-2-4-9-23/h2-13,19,22,24H,14-18,21H2,1H3,(H2,31,32,34). The summed E-state index contributed by atoms with van der Waals surface area (Å²) in [4.78, 5) is 15.1. The number of nitrogens with one attached hydrogen (secondary N) is 2. The van der Waals surface area contributed by atoms with Crippen molar-refractivity contribution >= 4 is 11.7 Å². The van der Waals surface area contributed by atoms with E-state index >= 15 is 0 Å². The van der Waals surface area contributed by atoms with Crippen molar-refractivity contribution in [3.05, 3.63) is 101 Å². The summed E-state index contributed by atoms with van der Waals surface area (Å²) in [6, 6.07) is 27.7. The summed E-state index contributed by atoms with van der Waals surface area (Å²) in [6.07, 6.45) is 3.60. The first-order valence-electron chi connectivity index (χ1n) is 12.0. The third-order valence-corrected chi connectivity index (χ3v) is 6.59. The van der Waals surface area contributed by atoms with Gasteiger partial charge in [0.05, 0.1) is 17.7 Å². The molecule has 1 fully saturated rings. The molecule has 3 aromatic carbocycles. The van der Waals surface area contributed by atoms with E-state index in [1.165, 1.54) is 30.4 Å². The van der Waals surface area contributed by atoms with Crippen LogP contribution in [0.15, 0.2) is 78.9 Å². The van der Waals surface area contributed by atoms with Gasteiger partial charge in [-0.2, -0.15) is 5.26 Å². The Balaban J connectivity index is 1.31. The summed E-state index contributed by atoms with van der Waals surface area (Å²) >= 11 is 0. The molecule has 2 N–H and O–H groups in total. The van der Waals surface area contributed by atoms with Crippen LogP contribution in [0.2, 0.25) is 0 Å². The molecule has 0 aliphatic carbocycles. The lowest BCUT2D eigenvalue weighted by atomic mass is 9.90. The van der Waals surface area contributed by atoms with Gasteiger partial charge in [0.25, 0.3) is 0 Å². The van der Waals surface area contributed by atoms with E-state index in [4.69, 9.17) is 5.26 Å². The van der Waals surface area contributed by atoms with Gasteiger partial charge in [-0.25, -0.2) is 4.79 Å². The van der Waals surface area contributed by atoms with Crippen LogP contribution in [0, 0.1) is 17.2 Å². The first-order chi connectivity index (χ1) is 16.6. The highest BCUT2D eigenvalue weighted by molar-refractivity contribution is 5.89. The van der Waals surface area contributed by atoms with E-state index in [0.29, 0.717) is 11.3 Å². The lowest BCUT2D eigenvalue weighted by molar-refractivity contribution is 0.176. The molecule has 0 radical (unpaired) electrons. The van der Waals surface area contributed by atoms with Crippen molar-refractivity contribution in [2.45, 2.75) is 38.8 Å². The van der Waals surface area contributed by atoms with Crippen molar-refractivity contribution in [2.24, 2.45) is 5.92 Å². The zero-order valence-corrected chi connectivity index (χ0v) is 19.7. The lowest BCUT2D eigenvalue weighted by Gasteiger charge is -2.33. The first kappa shape index (κ1) is 23.5. The number of benzene rings is 3. The van der Waals surface area contributed by atoms with Gasteiger partial charge in [0.2, 0.25) is 0 Å². The molecular weight excluding hydrogens is 420 g/mol. The van der Waals surface area contributed by atoms with Gasteiger partial charge in [-0.1, -0.05) is 60.7 Å². The largest absolute Gasteiger partial charge is 0.331 e. The number of nitrogens with zero attached hydrogens (tertiary/aromatic N) is 2. The monoisotopic (exact) mass is 452 g/mol. The number of carbonyl (C=O) groups is 1. The van der Waals surface area contributed by atoms with Crippen LogP contribution in [0.1, 0.15) is 48.1 Å². The summed E-state index contributed by atoms with van der Waals surface area (Å²) in [5.41, 5.74) is 4.95. The van der Waals surface area contributed by atoms with E-state index in [2.05, 4.69) is 70.1 Å². The Bertz CT molecular complexity index is 1130. The van der Waals surface area contributed by atoms with Crippen LogP contribution in [0.5, 0.6) is 0 Å². The molecule has 34 heavy (non-hydrogen) atoms. The van der Waals surface area contributed by atoms with E-state index in [1.807, 2.05) is 13.0 Å². The van der Waals surface area contributed by atoms with Crippen LogP contribution in [0.4, 0.5) is 10.5 Å². The van der Waals surface area contributed by atoms with Gasteiger partial charge in [0, 0.05) is 12.2 Å². The minimum Gasteiger partial charge on any atom is -0.331 e. The minimum atomic E-state index is -0.279. The molecule has 5 nitrogen and oxygen atoms in total. The maximum atomic E-state index is 12.6. The maximum Gasteiger partial charge on any atom is 0.319 e. The highest BCUT2D eigenvalue weighted by atomic mass is 16.2. The van der Waals surface area contributed by atoms with Crippen molar-refractivity contribution in [3.63, 3.8) is 0 Å². The number of carbonyl (C=O) groups excluding carboxylic acids is 1. The Morgan fingerprint density at radius 1 is 1.03 bits per heavy atom. The summed E-state index contributed by atoms with van der Waals surface area (Å²) in [5.74, 6) is 0.748. The predicted molar refractivity (Wildman–Crippen MR) is 136 cm³/mol. The number of piperidine rings is 1. The number of rotatable bonds is 7. The molecule has 0 saturated carbocycles. The quantitative estimate of drug-likeness (QED) is 0.469. The molecule has 4 rings (SSSR count). The molecule has 0 bridgehead atoms. The highest BCUT2D eigenvalue weighted by Crippen LogP contribution is 2.25. The average Bonchev–Trinajstić information content (AvgIpc) is 2.86. The van der Waals surface area contributed by atoms with Crippen molar-refractivity contribution in [1.29, 1.82) is 5.26 Å². The van der Waals surface area contributed by atoms with Crippen LogP contribution in [0.25, 0.3) is 0 Å². The Morgan fingerprint density at radius 3 is 2.53 bits per heavy atom. The van der Waals surface area contributed by atoms with Gasteiger partial charge in [-0.3, -0.25) is 4.90 Å². The number of hydrogen-bond donors (Lipinski definition) is 2. The number of likely N-dealkylation sites (tertiary alicyclic amines) is 1. The molecular formula is C29H32N4O. The lowest BCUT2D eigenvalue weighted by Crippen LogP contribution is -2.35. The van der Waals surface area contributed by atoms with Gasteiger partial charge >= 0.3 is 6.03 Å². The molecule has 3 aromatic rings. The number of hydrogen-bond acceptors (Lipinski definition) is 3. The van der Waals surface area contributed by atoms with Gasteiger partial charge in [-0.15, -0.1) is 0 Å². The molecule has 1 atom stereocenters. The number of nitriles is 1. The second kappa shape index (κ2) is 11.5. The molecule has 174 valence electrons. The molecule has 2 amide bonds. The number of anilines is 1. The van der Waals surface area contributed by atoms with Crippen LogP contribution in [0.3, 0.4) is 0 Å². The molecule has 1 aliphatic heterocycles. The molecule has 1 heterocycles. The van der Waals surface area contributed by atoms with Crippen LogP contribution >= 0.6 is 0 Å². The molecule has 0 aromatic heterocycles. The second-order valence-corrected chi connectivity index (χ2v) is 9.12. The second-order valence-electron chi connectivity index (χ2n) is 9.12. The fraction of sp³-hybridized carbons (Fsp3) is 0.310. The summed E-state index contributed by atoms with van der Waals surface area (Å²) in [7, 11) is 0. The van der Waals surface area contributed by atoms with E-state index in [1.54, 1.807) is 24.3 Å². The zero-order chi connectivity index (χ0) is 23.8. The number of urea groups is 1. The van der Waals surface area contributed by atoms with Crippen molar-refractivity contribution in [3.8, 4) is 6.07 Å². The van der Waals surface area contributed by atoms with Crippen molar-refractivity contribution in [2.75, 3.05) is 18.4 Å². The minimum absolute atomic E-state index is 0.133. The third kappa shape index (κ3) is 6.46. The topological polar surface area (TPSA) is 68.2 Å². The molecule has 1 saturated heterocycles. The summed E-state index contributed by atoms with van der Waals surface area (Å²) < 4.78 is 0. The number of amides is 2. The van der Waals surface area contributed by atoms with Gasteiger partial charge in [0.1, 0.15) is 0 Å². The SMILES string of the molecule is CC(NC(=O)Nc1cccc(C#N)c1)c1ccccc1CN1CCC(Cc2ccccc2)CC1. The molecule has 5 heteroatoms. The molecule has 1 unspecified atom stereocenters. The third-order valence-electron chi connectivity index (χ3n) is 6.59. The van der Waals surface area contributed by atoms with Gasteiger partial charge in [0.15, 0.2) is 0 Å². The Morgan fingerprint density at radius 2 is 1.76 bits per heavy atom. The van der Waals surface area contributed by atoms with Crippen molar-refractivity contribution < 1.29 is 4.79 Å². The van der Waals surface area contributed by atoms with E-state index in [9.17, 15) is 4.79 Å². The first-order valence-corrected chi connectivity index (χ1v) is 12.0. The molecule has 0 spiro atoms. The van der Waals surface area contributed by atoms with Crippen LogP contribution < -0.4 is 10.6 Å². The Labute approximate surface area is 202 Å². The van der Waals surface area contributed by atoms with E-state index in [0.717, 1.165) is 31.1 Å². The zero-order valence-electron chi connectivity index (χ0n) is 19.7. The normalized spacial score (nSPS) is 15.3. The summed E-state index contributed by atoms with van der Waals surface area (Å²) in [6.45, 7) is 5.11. The highest BCUT2D eigenvalue weighted by Gasteiger charge is 2.21. The molecule has 1 aliphatic rings.